The number of sulfonamides is 1. The Morgan fingerprint density at radius 1 is 1.40 bits per heavy atom. The van der Waals surface area contributed by atoms with Gasteiger partial charge in [0.2, 0.25) is 10.0 Å². The van der Waals surface area contributed by atoms with E-state index in [0.717, 1.165) is 17.7 Å². The lowest BCUT2D eigenvalue weighted by atomic mass is 10.1. The number of hydrogen-bond acceptors (Lipinski definition) is 3. The van der Waals surface area contributed by atoms with Crippen LogP contribution in [-0.2, 0) is 10.0 Å². The molecule has 1 aliphatic rings. The molecule has 82 valence electrons. The van der Waals surface area contributed by atoms with E-state index in [2.05, 4.69) is 4.72 Å². The zero-order valence-corrected chi connectivity index (χ0v) is 10.1. The summed E-state index contributed by atoms with van der Waals surface area (Å²) in [6.45, 7) is 0. The average Bonchev–Trinajstić information content (AvgIpc) is 2.16. The maximum atomic E-state index is 11.2. The Morgan fingerprint density at radius 2 is 2.13 bits per heavy atom. The molecule has 0 unspecified atom stereocenters. The van der Waals surface area contributed by atoms with Crippen molar-refractivity contribution in [3.8, 4) is 0 Å². The van der Waals surface area contributed by atoms with Crippen LogP contribution in [0.5, 0.6) is 0 Å². The van der Waals surface area contributed by atoms with Crippen LogP contribution in [0.3, 0.4) is 0 Å². The van der Waals surface area contributed by atoms with Gasteiger partial charge in [0, 0.05) is 10.9 Å². The highest BCUT2D eigenvalue weighted by Gasteiger charge is 2.22. The zero-order valence-electron chi connectivity index (χ0n) is 8.43. The third-order valence-electron chi connectivity index (χ3n) is 2.31. The molecule has 0 spiro atoms. The second-order valence-electron chi connectivity index (χ2n) is 3.62. The molecule has 5 heteroatoms. The summed E-state index contributed by atoms with van der Waals surface area (Å²) in [6.07, 6.45) is 2.06. The molecule has 1 aromatic rings. The van der Waals surface area contributed by atoms with Gasteiger partial charge in [0.15, 0.2) is 0 Å². The molecule has 1 aliphatic heterocycles. The Labute approximate surface area is 94.3 Å². The molecule has 0 aliphatic carbocycles. The lowest BCUT2D eigenvalue weighted by Gasteiger charge is -2.24. The largest absolute Gasteiger partial charge is 0.213 e. The molecule has 1 heterocycles. The SMILES string of the molecule is CS(=O)(=O)N[C@@H]1CCSc2ccccc21. The highest BCUT2D eigenvalue weighted by Crippen LogP contribution is 2.35. The molecule has 1 atom stereocenters. The van der Waals surface area contributed by atoms with Crippen LogP contribution in [0.4, 0.5) is 0 Å². The number of fused-ring (bicyclic) bond motifs is 1. The van der Waals surface area contributed by atoms with E-state index < -0.39 is 10.0 Å². The van der Waals surface area contributed by atoms with Crippen LogP contribution >= 0.6 is 11.8 Å². The number of nitrogens with one attached hydrogen (secondary N) is 1. The summed E-state index contributed by atoms with van der Waals surface area (Å²) in [5.41, 5.74) is 1.10. The predicted molar refractivity (Wildman–Crippen MR) is 62.5 cm³/mol. The van der Waals surface area contributed by atoms with Crippen LogP contribution in [0.15, 0.2) is 29.2 Å². The van der Waals surface area contributed by atoms with Gasteiger partial charge in [-0.05, 0) is 23.8 Å². The lowest BCUT2D eigenvalue weighted by Crippen LogP contribution is -2.29. The minimum absolute atomic E-state index is 0.0579. The van der Waals surface area contributed by atoms with Crippen molar-refractivity contribution >= 4 is 21.8 Å². The number of benzene rings is 1. The average molecular weight is 243 g/mol. The summed E-state index contributed by atoms with van der Waals surface area (Å²) in [7, 11) is -3.13. The molecule has 0 bridgehead atoms. The minimum atomic E-state index is -3.13. The van der Waals surface area contributed by atoms with Gasteiger partial charge in [0.05, 0.1) is 6.26 Å². The quantitative estimate of drug-likeness (QED) is 0.861. The standard InChI is InChI=1S/C10H13NO2S2/c1-15(12,13)11-9-6-7-14-10-5-3-2-4-8(9)10/h2-5,9,11H,6-7H2,1H3/t9-/m1/s1. The molecule has 0 fully saturated rings. The molecule has 0 saturated heterocycles. The molecule has 1 aromatic carbocycles. The van der Waals surface area contributed by atoms with Crippen molar-refractivity contribution in [2.45, 2.75) is 17.4 Å². The van der Waals surface area contributed by atoms with Crippen molar-refractivity contribution in [3.63, 3.8) is 0 Å². The van der Waals surface area contributed by atoms with Crippen molar-refractivity contribution in [1.29, 1.82) is 0 Å². The van der Waals surface area contributed by atoms with Crippen LogP contribution in [-0.4, -0.2) is 20.4 Å². The van der Waals surface area contributed by atoms with E-state index in [-0.39, 0.29) is 6.04 Å². The van der Waals surface area contributed by atoms with Gasteiger partial charge in [0.1, 0.15) is 0 Å². The summed E-state index contributed by atoms with van der Waals surface area (Å²) in [5.74, 6) is 0.962. The third-order valence-corrected chi connectivity index (χ3v) is 4.15. The van der Waals surface area contributed by atoms with E-state index in [9.17, 15) is 8.42 Å². The van der Waals surface area contributed by atoms with Gasteiger partial charge in [-0.25, -0.2) is 13.1 Å². The van der Waals surface area contributed by atoms with Gasteiger partial charge in [-0.2, -0.15) is 0 Å². The topological polar surface area (TPSA) is 46.2 Å². The fourth-order valence-electron chi connectivity index (χ4n) is 1.72. The summed E-state index contributed by atoms with van der Waals surface area (Å²) in [5, 5.41) is 0. The van der Waals surface area contributed by atoms with Crippen LogP contribution in [0.2, 0.25) is 0 Å². The van der Waals surface area contributed by atoms with Crippen molar-refractivity contribution in [2.24, 2.45) is 0 Å². The summed E-state index contributed by atoms with van der Waals surface area (Å²) < 4.78 is 25.1. The Kier molecular flexibility index (Phi) is 3.04. The minimum Gasteiger partial charge on any atom is -0.213 e. The molecule has 15 heavy (non-hydrogen) atoms. The Morgan fingerprint density at radius 3 is 2.87 bits per heavy atom. The number of hydrogen-bond donors (Lipinski definition) is 1. The van der Waals surface area contributed by atoms with Crippen molar-refractivity contribution in [3.05, 3.63) is 29.8 Å². The fourth-order valence-corrected chi connectivity index (χ4v) is 3.61. The maximum absolute atomic E-state index is 11.2. The van der Waals surface area contributed by atoms with Gasteiger partial charge < -0.3 is 0 Å². The first-order valence-electron chi connectivity index (χ1n) is 4.75. The first kappa shape index (κ1) is 11.0. The second-order valence-corrected chi connectivity index (χ2v) is 6.53. The zero-order chi connectivity index (χ0) is 10.9. The van der Waals surface area contributed by atoms with E-state index in [1.54, 1.807) is 11.8 Å². The third kappa shape index (κ3) is 2.74. The number of thioether (sulfide) groups is 1. The maximum Gasteiger partial charge on any atom is 0.209 e. The Balaban J connectivity index is 2.30. The molecule has 0 amide bonds. The summed E-state index contributed by atoms with van der Waals surface area (Å²) in [6, 6.07) is 7.90. The van der Waals surface area contributed by atoms with Crippen LogP contribution in [0.25, 0.3) is 0 Å². The summed E-state index contributed by atoms with van der Waals surface area (Å²) in [4.78, 5) is 1.19. The second kappa shape index (κ2) is 4.15. The van der Waals surface area contributed by atoms with Gasteiger partial charge in [-0.3, -0.25) is 0 Å². The van der Waals surface area contributed by atoms with E-state index in [1.165, 1.54) is 11.2 Å². The van der Waals surface area contributed by atoms with Crippen LogP contribution < -0.4 is 4.72 Å². The van der Waals surface area contributed by atoms with Gasteiger partial charge >= 0.3 is 0 Å². The number of rotatable bonds is 2. The van der Waals surface area contributed by atoms with Crippen molar-refractivity contribution in [2.75, 3.05) is 12.0 Å². The lowest BCUT2D eigenvalue weighted by molar-refractivity contribution is 0.551. The van der Waals surface area contributed by atoms with Gasteiger partial charge in [0.25, 0.3) is 0 Å². The molecule has 2 rings (SSSR count). The Hall–Kier alpha value is -0.520. The predicted octanol–water partition coefficient (Wildman–Crippen LogP) is 1.77. The fraction of sp³-hybridized carbons (Fsp3) is 0.400. The van der Waals surface area contributed by atoms with Crippen molar-refractivity contribution < 1.29 is 8.42 Å². The highest BCUT2D eigenvalue weighted by molar-refractivity contribution is 7.99. The van der Waals surface area contributed by atoms with E-state index in [0.29, 0.717) is 0 Å². The van der Waals surface area contributed by atoms with Crippen LogP contribution in [0, 0.1) is 0 Å². The van der Waals surface area contributed by atoms with Crippen molar-refractivity contribution in [1.82, 2.24) is 4.72 Å². The summed E-state index contributed by atoms with van der Waals surface area (Å²) >= 11 is 1.78. The smallest absolute Gasteiger partial charge is 0.209 e. The molecular weight excluding hydrogens is 230 g/mol. The molecular formula is C10H13NO2S2. The van der Waals surface area contributed by atoms with E-state index >= 15 is 0 Å². The van der Waals surface area contributed by atoms with Gasteiger partial charge in [-0.15, -0.1) is 11.8 Å². The molecule has 1 N–H and O–H groups in total. The normalized spacial score (nSPS) is 21.0. The first-order valence-corrected chi connectivity index (χ1v) is 7.63. The molecule has 0 aromatic heterocycles. The monoisotopic (exact) mass is 243 g/mol. The Bertz CT molecular complexity index is 456. The highest BCUT2D eigenvalue weighted by atomic mass is 32.2. The molecule has 0 radical (unpaired) electrons. The molecule has 0 saturated carbocycles. The van der Waals surface area contributed by atoms with Gasteiger partial charge in [-0.1, -0.05) is 18.2 Å². The van der Waals surface area contributed by atoms with E-state index in [4.69, 9.17) is 0 Å². The van der Waals surface area contributed by atoms with E-state index in [1.807, 2.05) is 24.3 Å². The first-order chi connectivity index (χ1) is 7.06. The van der Waals surface area contributed by atoms with Crippen LogP contribution in [0.1, 0.15) is 18.0 Å². The molecule has 3 nitrogen and oxygen atoms in total.